The van der Waals surface area contributed by atoms with Gasteiger partial charge in [-0.15, -0.1) is 0 Å². The second-order valence-electron chi connectivity index (χ2n) is 10.1. The van der Waals surface area contributed by atoms with E-state index < -0.39 is 11.4 Å². The normalized spacial score (nSPS) is 14.8. The van der Waals surface area contributed by atoms with Crippen LogP contribution in [0.15, 0.2) is 66.9 Å². The molecule has 38 heavy (non-hydrogen) atoms. The van der Waals surface area contributed by atoms with E-state index in [4.69, 9.17) is 9.47 Å². The molecule has 1 aromatic heterocycles. The number of pyridine rings is 1. The van der Waals surface area contributed by atoms with E-state index in [1.807, 2.05) is 49.4 Å². The van der Waals surface area contributed by atoms with E-state index >= 15 is 0 Å². The lowest BCUT2D eigenvalue weighted by molar-refractivity contribution is -0.148. The number of carboxylic acid groups (broad SMARTS) is 1. The zero-order valence-corrected chi connectivity index (χ0v) is 22.1. The van der Waals surface area contributed by atoms with Crippen LogP contribution in [0.25, 0.3) is 11.1 Å². The van der Waals surface area contributed by atoms with E-state index in [1.165, 1.54) is 5.56 Å². The molecule has 4 rings (SSSR count). The van der Waals surface area contributed by atoms with Crippen LogP contribution in [-0.2, 0) is 11.2 Å². The zero-order chi connectivity index (χ0) is 27.1. The summed E-state index contributed by atoms with van der Waals surface area (Å²) in [5.41, 5.74) is 2.75. The number of hydrogen-bond acceptors (Lipinski definition) is 5. The molecule has 0 bridgehead atoms. The third-order valence-corrected chi connectivity index (χ3v) is 6.62. The highest BCUT2D eigenvalue weighted by Crippen LogP contribution is 2.37. The van der Waals surface area contributed by atoms with Gasteiger partial charge in [-0.1, -0.05) is 43.3 Å². The standard InChI is InChI=1S/C30H35N3O5/c1-4-24-19-33(29(36)31-16-8-11-21-9-6-5-7-10-21)25-14-12-22(17-26(25)38-24)23-13-15-27(32-18-23)37-20-30(2,3)28(34)35/h5-7,9-10,12-15,17-18,24H,4,8,11,16,19-20H2,1-3H3,(H,31,36)(H,34,35). The number of aromatic nitrogens is 1. The summed E-state index contributed by atoms with van der Waals surface area (Å²) >= 11 is 0. The number of fused-ring (bicyclic) bond motifs is 1. The number of carbonyl (C=O) groups excluding carboxylic acids is 1. The zero-order valence-electron chi connectivity index (χ0n) is 22.1. The maximum atomic E-state index is 13.1. The molecule has 200 valence electrons. The van der Waals surface area contributed by atoms with Gasteiger partial charge >= 0.3 is 12.0 Å². The lowest BCUT2D eigenvalue weighted by Crippen LogP contribution is -2.48. The third-order valence-electron chi connectivity index (χ3n) is 6.62. The van der Waals surface area contributed by atoms with Crippen LogP contribution in [0, 0.1) is 5.41 Å². The molecular weight excluding hydrogens is 482 g/mol. The van der Waals surface area contributed by atoms with Crippen LogP contribution in [0.2, 0.25) is 0 Å². The predicted octanol–water partition coefficient (Wildman–Crippen LogP) is 5.56. The van der Waals surface area contributed by atoms with Crippen molar-refractivity contribution in [2.24, 2.45) is 5.41 Å². The minimum absolute atomic E-state index is 0.0178. The van der Waals surface area contributed by atoms with Gasteiger partial charge in [0.15, 0.2) is 0 Å². The van der Waals surface area contributed by atoms with Crippen molar-refractivity contribution in [3.8, 4) is 22.8 Å². The summed E-state index contributed by atoms with van der Waals surface area (Å²) in [5, 5.41) is 12.3. The Morgan fingerprint density at radius 2 is 1.89 bits per heavy atom. The van der Waals surface area contributed by atoms with Crippen molar-refractivity contribution >= 4 is 17.7 Å². The van der Waals surface area contributed by atoms with Gasteiger partial charge in [-0.25, -0.2) is 9.78 Å². The fraction of sp³-hybridized carbons (Fsp3) is 0.367. The van der Waals surface area contributed by atoms with Gasteiger partial charge in [0.05, 0.1) is 17.6 Å². The van der Waals surface area contributed by atoms with Crippen LogP contribution < -0.4 is 19.7 Å². The number of ether oxygens (including phenoxy) is 2. The fourth-order valence-corrected chi connectivity index (χ4v) is 4.12. The molecule has 1 aliphatic heterocycles. The van der Waals surface area contributed by atoms with Crippen molar-refractivity contribution in [3.05, 3.63) is 72.4 Å². The monoisotopic (exact) mass is 517 g/mol. The molecule has 0 saturated heterocycles. The largest absolute Gasteiger partial charge is 0.486 e. The second kappa shape index (κ2) is 12.0. The molecule has 0 spiro atoms. The van der Waals surface area contributed by atoms with Gasteiger partial charge in [-0.05, 0) is 62.4 Å². The Balaban J connectivity index is 1.42. The Kier molecular flexibility index (Phi) is 8.51. The van der Waals surface area contributed by atoms with Gasteiger partial charge in [0.2, 0.25) is 5.88 Å². The molecule has 2 heterocycles. The van der Waals surface area contributed by atoms with Gasteiger partial charge in [0.1, 0.15) is 18.5 Å². The Labute approximate surface area is 223 Å². The molecular formula is C30H35N3O5. The maximum absolute atomic E-state index is 13.1. The molecule has 1 unspecified atom stereocenters. The van der Waals surface area contributed by atoms with Crippen molar-refractivity contribution < 1.29 is 24.2 Å². The minimum Gasteiger partial charge on any atom is -0.486 e. The molecule has 1 atom stereocenters. The van der Waals surface area contributed by atoms with Gasteiger partial charge in [0.25, 0.3) is 0 Å². The van der Waals surface area contributed by atoms with E-state index in [0.717, 1.165) is 36.1 Å². The highest BCUT2D eigenvalue weighted by atomic mass is 16.5. The van der Waals surface area contributed by atoms with E-state index in [1.54, 1.807) is 31.0 Å². The summed E-state index contributed by atoms with van der Waals surface area (Å²) in [5.74, 6) is 0.0884. The van der Waals surface area contributed by atoms with Gasteiger partial charge < -0.3 is 19.9 Å². The van der Waals surface area contributed by atoms with Gasteiger partial charge in [0, 0.05) is 24.4 Å². The van der Waals surface area contributed by atoms with E-state index in [0.29, 0.717) is 24.7 Å². The van der Waals surface area contributed by atoms with Gasteiger partial charge in [-0.3, -0.25) is 9.69 Å². The Bertz CT molecular complexity index is 1240. The maximum Gasteiger partial charge on any atom is 0.322 e. The van der Waals surface area contributed by atoms with Crippen molar-refractivity contribution in [2.45, 2.75) is 46.1 Å². The van der Waals surface area contributed by atoms with Crippen molar-refractivity contribution in [3.63, 3.8) is 0 Å². The highest BCUT2D eigenvalue weighted by Gasteiger charge is 2.30. The number of aliphatic carboxylic acids is 1. The number of anilines is 1. The number of carboxylic acids is 1. The lowest BCUT2D eigenvalue weighted by Gasteiger charge is -2.35. The average molecular weight is 518 g/mol. The number of aryl methyl sites for hydroxylation is 1. The Morgan fingerprint density at radius 3 is 2.58 bits per heavy atom. The molecule has 8 nitrogen and oxygen atoms in total. The topological polar surface area (TPSA) is 101 Å². The summed E-state index contributed by atoms with van der Waals surface area (Å²) in [6.07, 6.45) is 4.14. The summed E-state index contributed by atoms with van der Waals surface area (Å²) in [6.45, 7) is 6.36. The van der Waals surface area contributed by atoms with Crippen LogP contribution in [0.5, 0.6) is 11.6 Å². The van der Waals surface area contributed by atoms with E-state index in [-0.39, 0.29) is 18.7 Å². The summed E-state index contributed by atoms with van der Waals surface area (Å²) in [6, 6.07) is 19.5. The number of hydrogen-bond donors (Lipinski definition) is 2. The van der Waals surface area contributed by atoms with Crippen LogP contribution >= 0.6 is 0 Å². The smallest absolute Gasteiger partial charge is 0.322 e. The second-order valence-corrected chi connectivity index (χ2v) is 10.1. The number of amides is 2. The highest BCUT2D eigenvalue weighted by molar-refractivity contribution is 5.94. The first-order valence-corrected chi connectivity index (χ1v) is 13.0. The minimum atomic E-state index is -1.01. The molecule has 0 fully saturated rings. The number of rotatable bonds is 10. The molecule has 2 aromatic carbocycles. The number of carbonyl (C=O) groups is 2. The Hall–Kier alpha value is -4.07. The molecule has 0 radical (unpaired) electrons. The number of nitrogens with zero attached hydrogens (tertiary/aromatic N) is 2. The quantitative estimate of drug-likeness (QED) is 0.342. The third kappa shape index (κ3) is 6.62. The first-order chi connectivity index (χ1) is 18.3. The number of urea groups is 1. The fourth-order valence-electron chi connectivity index (χ4n) is 4.12. The summed E-state index contributed by atoms with van der Waals surface area (Å²) in [7, 11) is 0. The summed E-state index contributed by atoms with van der Waals surface area (Å²) in [4.78, 5) is 30.5. The van der Waals surface area contributed by atoms with Crippen molar-refractivity contribution in [1.29, 1.82) is 0 Å². The predicted molar refractivity (Wildman–Crippen MR) is 147 cm³/mol. The SMILES string of the molecule is CCC1CN(C(=O)NCCCc2ccccc2)c2ccc(-c3ccc(OCC(C)(C)C(=O)O)nc3)cc2O1. The first-order valence-electron chi connectivity index (χ1n) is 13.0. The molecule has 0 saturated carbocycles. The number of nitrogens with one attached hydrogen (secondary N) is 1. The molecule has 0 aliphatic carbocycles. The van der Waals surface area contributed by atoms with Crippen LogP contribution in [0.4, 0.5) is 10.5 Å². The average Bonchev–Trinajstić information content (AvgIpc) is 2.94. The lowest BCUT2D eigenvalue weighted by atomic mass is 9.95. The molecule has 1 aliphatic rings. The number of benzene rings is 2. The van der Waals surface area contributed by atoms with E-state index in [2.05, 4.69) is 22.4 Å². The van der Waals surface area contributed by atoms with Crippen molar-refractivity contribution in [2.75, 3.05) is 24.6 Å². The molecule has 2 N–H and O–H groups in total. The first kappa shape index (κ1) is 27.0. The Morgan fingerprint density at radius 1 is 1.13 bits per heavy atom. The van der Waals surface area contributed by atoms with Crippen molar-refractivity contribution in [1.82, 2.24) is 10.3 Å². The van der Waals surface area contributed by atoms with Crippen LogP contribution in [-0.4, -0.2) is 47.9 Å². The van der Waals surface area contributed by atoms with Crippen LogP contribution in [0.1, 0.15) is 39.2 Å². The summed E-state index contributed by atoms with van der Waals surface area (Å²) < 4.78 is 11.8. The van der Waals surface area contributed by atoms with Gasteiger partial charge in [-0.2, -0.15) is 0 Å². The molecule has 8 heteroatoms. The van der Waals surface area contributed by atoms with Crippen LogP contribution in [0.3, 0.4) is 0 Å². The molecule has 2 amide bonds. The van der Waals surface area contributed by atoms with E-state index in [9.17, 15) is 14.7 Å². The molecule has 3 aromatic rings.